The van der Waals surface area contributed by atoms with E-state index in [0.29, 0.717) is 49.0 Å². The summed E-state index contributed by atoms with van der Waals surface area (Å²) in [5, 5.41) is 25.7. The smallest absolute Gasteiger partial charge is 0.410 e. The SMILES string of the molecule is CC(C)OC(=O)Cl.CC(C)OC(=O)N1CCC2(CC1)C[C@H](NC(=O)c1cccc3cn[nH]c13)c1cc(Br)ccc1O2.O=C(N[C@H]1CC2(CCNCC2)Oc2ccc(Br)cc21)c1cccc2cn[nH]c12. The molecule has 16 nitrogen and oxygen atoms in total. The van der Waals surface area contributed by atoms with Crippen LogP contribution in [-0.2, 0) is 9.47 Å². The van der Waals surface area contributed by atoms with Gasteiger partial charge in [-0.2, -0.15) is 10.2 Å². The van der Waals surface area contributed by atoms with Crippen LogP contribution in [0.2, 0.25) is 0 Å². The molecule has 4 aromatic carbocycles. The van der Waals surface area contributed by atoms with Gasteiger partial charge in [-0.15, -0.1) is 0 Å². The number of amides is 3. The molecule has 0 saturated carbocycles. The second kappa shape index (κ2) is 21.5. The lowest BCUT2D eigenvalue weighted by Crippen LogP contribution is -2.53. The largest absolute Gasteiger partial charge is 0.487 e. The fourth-order valence-electron chi connectivity index (χ4n) is 9.38. The van der Waals surface area contributed by atoms with Crippen molar-refractivity contribution in [1.82, 2.24) is 41.2 Å². The Morgan fingerprint density at radius 2 is 1.16 bits per heavy atom. The zero-order chi connectivity index (χ0) is 48.9. The van der Waals surface area contributed by atoms with E-state index in [1.54, 1.807) is 37.2 Å². The first-order valence-electron chi connectivity index (χ1n) is 23.0. The fraction of sp³-hybridized carbons (Fsp3) is 0.400. The van der Waals surface area contributed by atoms with Crippen LogP contribution in [0.3, 0.4) is 0 Å². The lowest BCUT2D eigenvalue weighted by Gasteiger charge is -2.46. The van der Waals surface area contributed by atoms with Crippen molar-refractivity contribution in [2.24, 2.45) is 0 Å². The molecule has 6 aromatic rings. The number of benzene rings is 4. The summed E-state index contributed by atoms with van der Waals surface area (Å²) in [6, 6.07) is 22.8. The van der Waals surface area contributed by atoms with E-state index in [0.717, 1.165) is 80.2 Å². The van der Waals surface area contributed by atoms with Gasteiger partial charge in [-0.1, -0.05) is 56.1 Å². The van der Waals surface area contributed by atoms with Crippen LogP contribution in [0, 0.1) is 0 Å². The molecule has 3 amide bonds. The molecular weight excluding hydrogens is 1040 g/mol. The first-order chi connectivity index (χ1) is 33.1. The molecule has 364 valence electrons. The van der Waals surface area contributed by atoms with E-state index in [-0.39, 0.29) is 47.8 Å². The van der Waals surface area contributed by atoms with Gasteiger partial charge >= 0.3 is 11.5 Å². The Morgan fingerprint density at radius 1 is 0.696 bits per heavy atom. The molecule has 0 radical (unpaired) electrons. The van der Waals surface area contributed by atoms with Crippen LogP contribution in [0.1, 0.15) is 110 Å². The van der Waals surface area contributed by atoms with Gasteiger partial charge in [-0.3, -0.25) is 19.8 Å². The van der Waals surface area contributed by atoms with Crippen LogP contribution in [0.25, 0.3) is 21.8 Å². The molecule has 19 heteroatoms. The summed E-state index contributed by atoms with van der Waals surface area (Å²) in [4.78, 5) is 50.4. The highest BCUT2D eigenvalue weighted by Crippen LogP contribution is 2.46. The number of aromatic amines is 2. The fourth-order valence-corrected chi connectivity index (χ4v) is 10.3. The van der Waals surface area contributed by atoms with Crippen molar-refractivity contribution in [1.29, 1.82) is 0 Å². The van der Waals surface area contributed by atoms with Crippen molar-refractivity contribution < 1.29 is 38.1 Å². The van der Waals surface area contributed by atoms with E-state index < -0.39 is 11.0 Å². The number of likely N-dealkylation sites (tertiary alicyclic amines) is 1. The van der Waals surface area contributed by atoms with Crippen molar-refractivity contribution in [3.8, 4) is 11.5 Å². The maximum Gasteiger partial charge on any atom is 0.410 e. The number of piperidine rings is 2. The highest BCUT2D eigenvalue weighted by atomic mass is 79.9. The number of hydrogen-bond donors (Lipinski definition) is 5. The van der Waals surface area contributed by atoms with Gasteiger partial charge in [-0.25, -0.2) is 9.59 Å². The van der Waals surface area contributed by atoms with E-state index in [2.05, 4.69) is 72.9 Å². The summed E-state index contributed by atoms with van der Waals surface area (Å²) in [5.74, 6) is 1.36. The van der Waals surface area contributed by atoms with Gasteiger partial charge < -0.3 is 39.8 Å². The maximum atomic E-state index is 13.4. The minimum absolute atomic E-state index is 0.100. The number of carbonyl (C=O) groups is 4. The number of rotatable bonds is 6. The van der Waals surface area contributed by atoms with Crippen LogP contribution in [0.15, 0.2) is 94.1 Å². The van der Waals surface area contributed by atoms with Crippen molar-refractivity contribution in [2.75, 3.05) is 26.2 Å². The lowest BCUT2D eigenvalue weighted by molar-refractivity contribution is -0.0261. The second-order valence-electron chi connectivity index (χ2n) is 18.2. The number of para-hydroxylation sites is 2. The zero-order valence-electron chi connectivity index (χ0n) is 38.7. The van der Waals surface area contributed by atoms with Gasteiger partial charge in [0.2, 0.25) is 0 Å². The molecular formula is C50H55Br2ClN8O8. The van der Waals surface area contributed by atoms with Crippen LogP contribution >= 0.6 is 43.5 Å². The predicted octanol–water partition coefficient (Wildman–Crippen LogP) is 10.4. The van der Waals surface area contributed by atoms with Crippen molar-refractivity contribution >= 4 is 88.6 Å². The maximum absolute atomic E-state index is 13.4. The number of hydrogen-bond acceptors (Lipinski definition) is 11. The third-order valence-electron chi connectivity index (χ3n) is 12.7. The second-order valence-corrected chi connectivity index (χ2v) is 20.4. The topological polar surface area (TPSA) is 202 Å². The van der Waals surface area contributed by atoms with E-state index in [1.165, 1.54) is 0 Å². The van der Waals surface area contributed by atoms with Crippen LogP contribution in [0.5, 0.6) is 11.5 Å². The molecule has 69 heavy (non-hydrogen) atoms. The highest BCUT2D eigenvalue weighted by Gasteiger charge is 2.45. The Balaban J connectivity index is 0.000000166. The normalized spacial score (nSPS) is 18.7. The summed E-state index contributed by atoms with van der Waals surface area (Å²) < 4.78 is 24.6. The number of fused-ring (bicyclic) bond motifs is 4. The molecule has 2 aromatic heterocycles. The van der Waals surface area contributed by atoms with Crippen molar-refractivity contribution in [3.63, 3.8) is 0 Å². The van der Waals surface area contributed by atoms with Crippen LogP contribution in [-0.4, -0.2) is 98.2 Å². The van der Waals surface area contributed by atoms with Gasteiger partial charge in [0.05, 0.1) is 58.8 Å². The summed E-state index contributed by atoms with van der Waals surface area (Å²) in [5.41, 5.74) is 3.16. The Bertz CT molecular complexity index is 2820. The zero-order valence-corrected chi connectivity index (χ0v) is 42.6. The van der Waals surface area contributed by atoms with E-state index in [1.807, 2.05) is 80.6 Å². The molecule has 4 aliphatic rings. The molecule has 2 spiro atoms. The Kier molecular flexibility index (Phi) is 15.5. The standard InChI is InChI=1S/C25H27BrN4O4.C21H21BrN4O2.C4H7ClO2/c1-15(2)33-24(32)30-10-8-25(9-11-30)13-20(19-12-17(26)6-7-21(19)34-25)28-23(31)18-5-3-4-16-14-27-29-22(16)18;22-14-4-5-18-16(10-14)17(11-21(28-18)6-8-23-9-7-21)25-20(27)15-3-1-2-13-12-24-26-19(13)15;1-3(2)7-4(5)6/h3-7,12,14-15,20H,8-11,13H2,1-2H3,(H,27,29)(H,28,31);1-5,10,12,17,23H,6-9,11H2,(H,24,26)(H,25,27);3H,1-2H3/t20-;17-;/m00./s1. The molecule has 0 unspecified atom stereocenters. The molecule has 5 N–H and O–H groups in total. The lowest BCUT2D eigenvalue weighted by atomic mass is 9.80. The summed E-state index contributed by atoms with van der Waals surface area (Å²) in [6.07, 6.45) is 7.48. The minimum Gasteiger partial charge on any atom is -0.487 e. The third kappa shape index (κ3) is 11.8. The Hall–Kier alpha value is -5.69. The van der Waals surface area contributed by atoms with Gasteiger partial charge in [0.1, 0.15) is 22.7 Å². The number of carbonyl (C=O) groups excluding carboxylic acids is 4. The number of halogens is 3. The number of H-pyrrole nitrogens is 2. The van der Waals surface area contributed by atoms with Crippen LogP contribution in [0.4, 0.5) is 9.59 Å². The first-order valence-corrected chi connectivity index (χ1v) is 25.0. The average molecular weight is 1090 g/mol. The molecule has 2 atom stereocenters. The van der Waals surface area contributed by atoms with Gasteiger partial charge in [0, 0.05) is 81.2 Å². The molecule has 6 heterocycles. The molecule has 2 saturated heterocycles. The number of nitrogens with one attached hydrogen (secondary N) is 5. The van der Waals surface area contributed by atoms with E-state index >= 15 is 0 Å². The van der Waals surface area contributed by atoms with E-state index in [4.69, 9.17) is 25.8 Å². The highest BCUT2D eigenvalue weighted by molar-refractivity contribution is 9.10. The van der Waals surface area contributed by atoms with E-state index in [9.17, 15) is 19.2 Å². The minimum atomic E-state index is -0.741. The Labute approximate surface area is 421 Å². The summed E-state index contributed by atoms with van der Waals surface area (Å²) in [6.45, 7) is 10.1. The molecule has 0 aliphatic carbocycles. The summed E-state index contributed by atoms with van der Waals surface area (Å²) >= 11 is 11.9. The van der Waals surface area contributed by atoms with Gasteiger partial charge in [-0.05, 0) is 102 Å². The van der Waals surface area contributed by atoms with Crippen LogP contribution < -0.4 is 25.4 Å². The number of aromatic nitrogens is 4. The van der Waals surface area contributed by atoms with Gasteiger partial charge in [0.25, 0.3) is 11.8 Å². The predicted molar refractivity (Wildman–Crippen MR) is 269 cm³/mol. The molecule has 2 fully saturated rings. The average Bonchev–Trinajstić information content (AvgIpc) is 4.01. The van der Waals surface area contributed by atoms with Crippen molar-refractivity contribution in [2.45, 2.75) is 102 Å². The van der Waals surface area contributed by atoms with Crippen molar-refractivity contribution in [3.05, 3.63) is 116 Å². The van der Waals surface area contributed by atoms with Gasteiger partial charge in [0.15, 0.2) is 0 Å². The Morgan fingerprint density at radius 3 is 1.59 bits per heavy atom. The summed E-state index contributed by atoms with van der Waals surface area (Å²) in [7, 11) is 0. The first kappa shape index (κ1) is 49.7. The quantitative estimate of drug-likeness (QED) is 0.0994. The molecule has 0 bridgehead atoms. The molecule has 10 rings (SSSR count). The monoisotopic (exact) mass is 1090 g/mol. The number of ether oxygens (including phenoxy) is 4. The number of nitrogens with zero attached hydrogens (tertiary/aromatic N) is 3. The molecule has 4 aliphatic heterocycles. The third-order valence-corrected chi connectivity index (χ3v) is 13.7.